The highest BCUT2D eigenvalue weighted by atomic mass is 32.2. The molecule has 0 saturated carbocycles. The number of ether oxygens (including phenoxy) is 2. The Hall–Kier alpha value is -2.95. The Morgan fingerprint density at radius 2 is 1.88 bits per heavy atom. The van der Waals surface area contributed by atoms with Crippen LogP contribution in [0.4, 0.5) is 0 Å². The van der Waals surface area contributed by atoms with Crippen LogP contribution in [0.25, 0.3) is 5.69 Å². The average molecular weight is 455 g/mol. The van der Waals surface area contributed by atoms with E-state index in [9.17, 15) is 4.79 Å². The maximum absolute atomic E-state index is 12.4. The van der Waals surface area contributed by atoms with Crippen LogP contribution in [0, 0.1) is 0 Å². The van der Waals surface area contributed by atoms with Crippen LogP contribution in [-0.2, 0) is 22.6 Å². The molecule has 0 aliphatic carbocycles. The van der Waals surface area contributed by atoms with E-state index in [0.29, 0.717) is 17.5 Å². The number of nitrogens with one attached hydrogen (secondary N) is 1. The molecule has 1 aromatic heterocycles. The van der Waals surface area contributed by atoms with Crippen LogP contribution < -0.4 is 10.1 Å². The zero-order chi connectivity index (χ0) is 22.2. The highest BCUT2D eigenvalue weighted by Crippen LogP contribution is 2.25. The normalized spacial score (nSPS) is 14.3. The number of hydrogen-bond donors (Lipinski definition) is 1. The van der Waals surface area contributed by atoms with Crippen molar-refractivity contribution < 1.29 is 14.3 Å². The number of tetrazole rings is 1. The molecular formula is C22H26N6O3S. The maximum atomic E-state index is 12.4. The number of thioether (sulfide) groups is 1. The number of amides is 1. The van der Waals surface area contributed by atoms with Gasteiger partial charge in [0.25, 0.3) is 0 Å². The molecule has 168 valence electrons. The third kappa shape index (κ3) is 5.84. The Labute approximate surface area is 191 Å². The molecule has 1 saturated heterocycles. The van der Waals surface area contributed by atoms with Gasteiger partial charge in [0, 0.05) is 26.2 Å². The van der Waals surface area contributed by atoms with Gasteiger partial charge in [-0.3, -0.25) is 9.69 Å². The van der Waals surface area contributed by atoms with Crippen molar-refractivity contribution in [1.29, 1.82) is 0 Å². The number of carbonyl (C=O) groups is 1. The number of methoxy groups -OCH3 is 1. The first-order valence-electron chi connectivity index (χ1n) is 10.4. The van der Waals surface area contributed by atoms with Gasteiger partial charge in [0.1, 0.15) is 11.4 Å². The van der Waals surface area contributed by atoms with E-state index < -0.39 is 0 Å². The van der Waals surface area contributed by atoms with Crippen molar-refractivity contribution >= 4 is 17.7 Å². The summed E-state index contributed by atoms with van der Waals surface area (Å²) in [6.07, 6.45) is 0. The van der Waals surface area contributed by atoms with Crippen LogP contribution in [0.3, 0.4) is 0 Å². The monoisotopic (exact) mass is 454 g/mol. The van der Waals surface area contributed by atoms with E-state index in [4.69, 9.17) is 9.47 Å². The summed E-state index contributed by atoms with van der Waals surface area (Å²) in [6.45, 7) is 4.94. The summed E-state index contributed by atoms with van der Waals surface area (Å²) in [6, 6.07) is 15.8. The Morgan fingerprint density at radius 1 is 1.12 bits per heavy atom. The summed E-state index contributed by atoms with van der Waals surface area (Å²) in [4.78, 5) is 14.7. The number of benzene rings is 2. The van der Waals surface area contributed by atoms with Gasteiger partial charge in [-0.1, -0.05) is 48.2 Å². The van der Waals surface area contributed by atoms with E-state index in [2.05, 4.69) is 50.0 Å². The largest absolute Gasteiger partial charge is 0.494 e. The summed E-state index contributed by atoms with van der Waals surface area (Å²) in [5, 5.41) is 15.3. The summed E-state index contributed by atoms with van der Waals surface area (Å²) in [5.74, 6) is 0.787. The maximum Gasteiger partial charge on any atom is 0.230 e. The van der Waals surface area contributed by atoms with Gasteiger partial charge in [-0.15, -0.1) is 5.10 Å². The number of para-hydroxylation sites is 2. The Kier molecular flexibility index (Phi) is 7.70. The van der Waals surface area contributed by atoms with Crippen LogP contribution in [0.15, 0.2) is 53.7 Å². The second kappa shape index (κ2) is 11.1. The van der Waals surface area contributed by atoms with E-state index in [1.165, 1.54) is 17.3 Å². The van der Waals surface area contributed by atoms with Crippen LogP contribution in [0.5, 0.6) is 5.75 Å². The minimum Gasteiger partial charge on any atom is -0.494 e. The molecule has 1 N–H and O–H groups in total. The lowest BCUT2D eigenvalue weighted by Crippen LogP contribution is -2.35. The molecule has 3 aromatic rings. The minimum atomic E-state index is -0.0815. The van der Waals surface area contributed by atoms with Crippen LogP contribution in [0.1, 0.15) is 11.1 Å². The van der Waals surface area contributed by atoms with Crippen LogP contribution in [0.2, 0.25) is 0 Å². The number of carbonyl (C=O) groups excluding carboxylic acids is 1. The fourth-order valence-corrected chi connectivity index (χ4v) is 4.10. The van der Waals surface area contributed by atoms with Crippen molar-refractivity contribution in [2.75, 3.05) is 39.2 Å². The molecule has 1 fully saturated rings. The first-order valence-corrected chi connectivity index (χ1v) is 11.4. The van der Waals surface area contributed by atoms with E-state index >= 15 is 0 Å². The number of morpholine rings is 1. The molecule has 2 heterocycles. The van der Waals surface area contributed by atoms with Gasteiger partial charge in [-0.2, -0.15) is 4.68 Å². The molecule has 0 spiro atoms. The standard InChI is InChI=1S/C22H26N6O3S/c1-30-20-5-3-2-4-19(20)28-22(24-25-26-28)32-16-21(29)23-14-17-6-8-18(9-7-17)15-27-10-12-31-13-11-27/h2-9H,10-16H2,1H3,(H,23,29). The number of nitrogens with zero attached hydrogens (tertiary/aromatic N) is 5. The Balaban J connectivity index is 1.26. The SMILES string of the molecule is COc1ccccc1-n1nnnc1SCC(=O)NCc1ccc(CN2CCOCC2)cc1. The van der Waals surface area contributed by atoms with E-state index in [1.807, 2.05) is 24.3 Å². The van der Waals surface area contributed by atoms with Crippen molar-refractivity contribution in [2.24, 2.45) is 0 Å². The number of rotatable bonds is 9. The Morgan fingerprint density at radius 3 is 2.66 bits per heavy atom. The summed E-state index contributed by atoms with van der Waals surface area (Å²) >= 11 is 1.28. The van der Waals surface area contributed by atoms with Crippen molar-refractivity contribution in [3.05, 3.63) is 59.7 Å². The molecule has 0 bridgehead atoms. The molecule has 1 aliphatic rings. The second-order valence-electron chi connectivity index (χ2n) is 7.32. The molecule has 0 radical (unpaired) electrons. The van der Waals surface area contributed by atoms with Gasteiger partial charge in [-0.05, 0) is 33.7 Å². The molecule has 0 unspecified atom stereocenters. The first-order chi connectivity index (χ1) is 15.7. The fourth-order valence-electron chi connectivity index (χ4n) is 3.39. The quantitative estimate of drug-likeness (QED) is 0.490. The van der Waals surface area contributed by atoms with E-state index in [0.717, 1.165) is 44.1 Å². The molecule has 0 atom stereocenters. The molecule has 10 heteroatoms. The fraction of sp³-hybridized carbons (Fsp3) is 0.364. The zero-order valence-electron chi connectivity index (χ0n) is 17.9. The van der Waals surface area contributed by atoms with Gasteiger partial charge in [-0.25, -0.2) is 0 Å². The zero-order valence-corrected chi connectivity index (χ0v) is 18.8. The summed E-state index contributed by atoms with van der Waals surface area (Å²) in [7, 11) is 1.60. The number of aromatic nitrogens is 4. The molecule has 9 nitrogen and oxygen atoms in total. The lowest BCUT2D eigenvalue weighted by atomic mass is 10.1. The van der Waals surface area contributed by atoms with Crippen molar-refractivity contribution in [3.63, 3.8) is 0 Å². The number of hydrogen-bond acceptors (Lipinski definition) is 8. The van der Waals surface area contributed by atoms with Gasteiger partial charge in [0.05, 0.1) is 26.1 Å². The predicted molar refractivity (Wildman–Crippen MR) is 121 cm³/mol. The van der Waals surface area contributed by atoms with Gasteiger partial charge in [0.2, 0.25) is 11.1 Å². The van der Waals surface area contributed by atoms with Gasteiger partial charge < -0.3 is 14.8 Å². The van der Waals surface area contributed by atoms with Crippen LogP contribution in [-0.4, -0.2) is 70.2 Å². The topological polar surface area (TPSA) is 94.4 Å². The highest BCUT2D eigenvalue weighted by Gasteiger charge is 2.15. The molecule has 2 aromatic carbocycles. The third-order valence-corrected chi connectivity index (χ3v) is 6.03. The van der Waals surface area contributed by atoms with Crippen LogP contribution >= 0.6 is 11.8 Å². The molecule has 4 rings (SSSR count). The Bertz CT molecular complexity index is 1020. The highest BCUT2D eigenvalue weighted by molar-refractivity contribution is 7.99. The lowest BCUT2D eigenvalue weighted by molar-refractivity contribution is -0.118. The second-order valence-corrected chi connectivity index (χ2v) is 8.26. The average Bonchev–Trinajstić information content (AvgIpc) is 3.31. The smallest absolute Gasteiger partial charge is 0.230 e. The first kappa shape index (κ1) is 22.3. The van der Waals surface area contributed by atoms with Gasteiger partial charge in [0.15, 0.2) is 0 Å². The third-order valence-electron chi connectivity index (χ3n) is 5.11. The van der Waals surface area contributed by atoms with Crippen molar-refractivity contribution in [3.8, 4) is 11.4 Å². The van der Waals surface area contributed by atoms with Crippen molar-refractivity contribution in [1.82, 2.24) is 30.4 Å². The van der Waals surface area contributed by atoms with E-state index in [1.54, 1.807) is 11.8 Å². The van der Waals surface area contributed by atoms with E-state index in [-0.39, 0.29) is 11.7 Å². The predicted octanol–water partition coefficient (Wildman–Crippen LogP) is 1.91. The lowest BCUT2D eigenvalue weighted by Gasteiger charge is -2.26. The molecule has 32 heavy (non-hydrogen) atoms. The summed E-state index contributed by atoms with van der Waals surface area (Å²) < 4.78 is 12.3. The summed E-state index contributed by atoms with van der Waals surface area (Å²) in [5.41, 5.74) is 3.05. The molecule has 1 aliphatic heterocycles. The van der Waals surface area contributed by atoms with Gasteiger partial charge >= 0.3 is 0 Å². The minimum absolute atomic E-state index is 0.0815. The molecular weight excluding hydrogens is 428 g/mol. The molecule has 1 amide bonds. The van der Waals surface area contributed by atoms with Crippen molar-refractivity contribution in [2.45, 2.75) is 18.2 Å².